The minimum Gasteiger partial charge on any atom is -0.497 e. The molecule has 3 heteroatoms. The van der Waals surface area contributed by atoms with Gasteiger partial charge in [0.15, 0.2) is 0 Å². The molecule has 1 saturated carbocycles. The van der Waals surface area contributed by atoms with Gasteiger partial charge in [-0.2, -0.15) is 0 Å². The molecule has 2 unspecified atom stereocenters. The highest BCUT2D eigenvalue weighted by Gasteiger charge is 2.34. The van der Waals surface area contributed by atoms with Gasteiger partial charge in [0.2, 0.25) is 0 Å². The van der Waals surface area contributed by atoms with Crippen molar-refractivity contribution in [1.82, 2.24) is 4.90 Å². The molecule has 0 amide bonds. The lowest BCUT2D eigenvalue weighted by atomic mass is 10.0. The monoisotopic (exact) mass is 248 g/mol. The van der Waals surface area contributed by atoms with E-state index in [1.54, 1.807) is 7.11 Å². The molecule has 2 rings (SSSR count). The molecule has 2 atom stereocenters. The normalized spacial score (nSPS) is 18.7. The molecule has 1 aromatic rings. The average Bonchev–Trinajstić information content (AvgIpc) is 3.23. The highest BCUT2D eigenvalue weighted by atomic mass is 16.5. The Bertz CT molecular complexity index is 373. The summed E-state index contributed by atoms with van der Waals surface area (Å²) in [5, 5.41) is 0. The minimum atomic E-state index is 0.394. The summed E-state index contributed by atoms with van der Waals surface area (Å²) < 4.78 is 5.19. The fourth-order valence-corrected chi connectivity index (χ4v) is 2.58. The van der Waals surface area contributed by atoms with Crippen LogP contribution in [0.3, 0.4) is 0 Å². The molecule has 1 aliphatic rings. The van der Waals surface area contributed by atoms with Crippen molar-refractivity contribution in [2.24, 2.45) is 11.7 Å². The van der Waals surface area contributed by atoms with Gasteiger partial charge < -0.3 is 10.5 Å². The Balaban J connectivity index is 2.06. The number of methoxy groups -OCH3 is 1. The van der Waals surface area contributed by atoms with E-state index in [0.29, 0.717) is 12.1 Å². The third-order valence-corrected chi connectivity index (χ3v) is 4.14. The van der Waals surface area contributed by atoms with E-state index in [0.717, 1.165) is 18.2 Å². The van der Waals surface area contributed by atoms with E-state index < -0.39 is 0 Å². The predicted molar refractivity (Wildman–Crippen MR) is 74.7 cm³/mol. The van der Waals surface area contributed by atoms with Crippen LogP contribution in [-0.2, 0) is 0 Å². The molecule has 0 aromatic heterocycles. The first-order valence-electron chi connectivity index (χ1n) is 6.73. The maximum absolute atomic E-state index is 5.91. The second-order valence-corrected chi connectivity index (χ2v) is 5.26. The molecule has 0 aliphatic heterocycles. The number of hydrogen-bond donors (Lipinski definition) is 1. The van der Waals surface area contributed by atoms with Gasteiger partial charge in [0.25, 0.3) is 0 Å². The van der Waals surface area contributed by atoms with Gasteiger partial charge in [0.05, 0.1) is 7.11 Å². The third kappa shape index (κ3) is 2.85. The molecule has 0 bridgehead atoms. The lowest BCUT2D eigenvalue weighted by Gasteiger charge is -2.33. The van der Waals surface area contributed by atoms with Crippen LogP contribution in [0.25, 0.3) is 0 Å². The van der Waals surface area contributed by atoms with Crippen LogP contribution >= 0.6 is 0 Å². The molecule has 1 aliphatic carbocycles. The van der Waals surface area contributed by atoms with Crippen LogP contribution in [-0.4, -0.2) is 31.6 Å². The van der Waals surface area contributed by atoms with E-state index in [1.807, 2.05) is 12.1 Å². The van der Waals surface area contributed by atoms with E-state index in [1.165, 1.54) is 18.4 Å². The number of nitrogens with two attached hydrogens (primary N) is 1. The number of hydrogen-bond acceptors (Lipinski definition) is 3. The Labute approximate surface area is 110 Å². The van der Waals surface area contributed by atoms with Crippen LogP contribution in [0.4, 0.5) is 0 Å². The van der Waals surface area contributed by atoms with E-state index in [2.05, 4.69) is 31.0 Å². The molecule has 0 heterocycles. The molecule has 1 fully saturated rings. The Morgan fingerprint density at radius 3 is 2.39 bits per heavy atom. The Hall–Kier alpha value is -1.06. The van der Waals surface area contributed by atoms with E-state index in [4.69, 9.17) is 10.5 Å². The number of benzene rings is 1. The van der Waals surface area contributed by atoms with Crippen molar-refractivity contribution in [2.75, 3.05) is 20.7 Å². The van der Waals surface area contributed by atoms with Crippen molar-refractivity contribution in [3.05, 3.63) is 29.8 Å². The maximum Gasteiger partial charge on any atom is 0.118 e. The molecule has 2 N–H and O–H groups in total. The molecule has 0 radical (unpaired) electrons. The van der Waals surface area contributed by atoms with Gasteiger partial charge in [0, 0.05) is 18.6 Å². The second-order valence-electron chi connectivity index (χ2n) is 5.26. The Morgan fingerprint density at radius 2 is 1.94 bits per heavy atom. The standard InChI is InChI=1S/C15H24N2O/c1-11(12-6-8-14(18-3)9-7-12)17(2)15(10-16)13-4-5-13/h6-9,11,13,15H,4-5,10,16H2,1-3H3. The smallest absolute Gasteiger partial charge is 0.118 e. The topological polar surface area (TPSA) is 38.5 Å². The fraction of sp³-hybridized carbons (Fsp3) is 0.600. The molecular formula is C15H24N2O. The van der Waals surface area contributed by atoms with Gasteiger partial charge >= 0.3 is 0 Å². The fourth-order valence-electron chi connectivity index (χ4n) is 2.58. The summed E-state index contributed by atoms with van der Waals surface area (Å²) in [6.45, 7) is 2.99. The van der Waals surface area contributed by atoms with Gasteiger partial charge in [-0.05, 0) is 50.4 Å². The first-order valence-corrected chi connectivity index (χ1v) is 6.73. The molecule has 18 heavy (non-hydrogen) atoms. The molecular weight excluding hydrogens is 224 g/mol. The minimum absolute atomic E-state index is 0.394. The largest absolute Gasteiger partial charge is 0.497 e. The first-order chi connectivity index (χ1) is 8.67. The summed E-state index contributed by atoms with van der Waals surface area (Å²) in [4.78, 5) is 2.42. The average molecular weight is 248 g/mol. The van der Waals surface area contributed by atoms with Crippen molar-refractivity contribution in [1.29, 1.82) is 0 Å². The van der Waals surface area contributed by atoms with Gasteiger partial charge in [-0.15, -0.1) is 0 Å². The van der Waals surface area contributed by atoms with E-state index in [9.17, 15) is 0 Å². The second kappa shape index (κ2) is 5.72. The first kappa shape index (κ1) is 13.4. The zero-order chi connectivity index (χ0) is 13.1. The van der Waals surface area contributed by atoms with Gasteiger partial charge in [-0.1, -0.05) is 12.1 Å². The zero-order valence-corrected chi connectivity index (χ0v) is 11.6. The number of likely N-dealkylation sites (N-methyl/N-ethyl adjacent to an activating group) is 1. The number of ether oxygens (including phenoxy) is 1. The van der Waals surface area contributed by atoms with Crippen LogP contribution in [0.2, 0.25) is 0 Å². The third-order valence-electron chi connectivity index (χ3n) is 4.14. The molecule has 100 valence electrons. The molecule has 0 saturated heterocycles. The number of nitrogens with zero attached hydrogens (tertiary/aromatic N) is 1. The number of rotatable bonds is 6. The van der Waals surface area contributed by atoms with Crippen molar-refractivity contribution in [2.45, 2.75) is 31.8 Å². The van der Waals surface area contributed by atoms with Crippen molar-refractivity contribution < 1.29 is 4.74 Å². The molecule has 1 aromatic carbocycles. The van der Waals surface area contributed by atoms with Crippen molar-refractivity contribution in [3.8, 4) is 5.75 Å². The van der Waals surface area contributed by atoms with Crippen LogP contribution in [0.5, 0.6) is 5.75 Å². The summed E-state index contributed by atoms with van der Waals surface area (Å²) in [6.07, 6.45) is 2.67. The predicted octanol–water partition coefficient (Wildman–Crippen LogP) is 2.43. The SMILES string of the molecule is COc1ccc(C(C)N(C)C(CN)C2CC2)cc1. The van der Waals surface area contributed by atoms with Crippen LogP contribution in [0, 0.1) is 5.92 Å². The summed E-state index contributed by atoms with van der Waals surface area (Å²) >= 11 is 0. The summed E-state index contributed by atoms with van der Waals surface area (Å²) in [6, 6.07) is 9.23. The summed E-state index contributed by atoms with van der Waals surface area (Å²) in [7, 11) is 3.88. The zero-order valence-electron chi connectivity index (χ0n) is 11.6. The van der Waals surface area contributed by atoms with Crippen molar-refractivity contribution in [3.63, 3.8) is 0 Å². The highest BCUT2D eigenvalue weighted by molar-refractivity contribution is 5.29. The summed E-state index contributed by atoms with van der Waals surface area (Å²) in [5.74, 6) is 1.71. The quantitative estimate of drug-likeness (QED) is 0.840. The lowest BCUT2D eigenvalue weighted by Crippen LogP contribution is -2.41. The Kier molecular flexibility index (Phi) is 4.25. The molecule has 3 nitrogen and oxygen atoms in total. The van der Waals surface area contributed by atoms with Gasteiger partial charge in [0.1, 0.15) is 5.75 Å². The Morgan fingerprint density at radius 1 is 1.33 bits per heavy atom. The van der Waals surface area contributed by atoms with Crippen LogP contribution < -0.4 is 10.5 Å². The van der Waals surface area contributed by atoms with E-state index in [-0.39, 0.29) is 0 Å². The summed E-state index contributed by atoms with van der Waals surface area (Å²) in [5.41, 5.74) is 7.23. The maximum atomic E-state index is 5.91. The van der Waals surface area contributed by atoms with E-state index >= 15 is 0 Å². The lowest BCUT2D eigenvalue weighted by molar-refractivity contribution is 0.170. The van der Waals surface area contributed by atoms with Crippen molar-refractivity contribution >= 4 is 0 Å². The van der Waals surface area contributed by atoms with Crippen LogP contribution in [0.15, 0.2) is 24.3 Å². The van der Waals surface area contributed by atoms with Crippen LogP contribution in [0.1, 0.15) is 31.4 Å². The van der Waals surface area contributed by atoms with Gasteiger partial charge in [-0.3, -0.25) is 4.90 Å². The van der Waals surface area contributed by atoms with Gasteiger partial charge in [-0.25, -0.2) is 0 Å². The molecule has 0 spiro atoms. The highest BCUT2D eigenvalue weighted by Crippen LogP contribution is 2.37.